The minimum Gasteiger partial charge on any atom is -0.497 e. The van der Waals surface area contributed by atoms with Gasteiger partial charge in [0.2, 0.25) is 10.0 Å². The Hall–Kier alpha value is -1.68. The number of nitrogens with zero attached hydrogens (tertiary/aromatic N) is 3. The molecule has 0 aliphatic carbocycles. The van der Waals surface area contributed by atoms with Crippen molar-refractivity contribution in [2.45, 2.75) is 37.6 Å². The van der Waals surface area contributed by atoms with Crippen molar-refractivity contribution in [2.75, 3.05) is 40.4 Å². The van der Waals surface area contributed by atoms with E-state index >= 15 is 0 Å². The number of benzene rings is 1. The van der Waals surface area contributed by atoms with E-state index in [1.165, 1.54) is 36.0 Å². The number of aryl methyl sites for hydroxylation is 1. The standard InChI is InChI=1S/C20H29N3O4S2/c1-4-5-6-20-21-16(15-28-20)14-22-9-11-23(12-10-22)29(24,25)19-13-17(26-2)7-8-18(19)27-3/h7-8,13,15H,4-6,9-12,14H2,1-3H3. The number of hydrogen-bond donors (Lipinski definition) is 0. The molecule has 1 aliphatic rings. The summed E-state index contributed by atoms with van der Waals surface area (Å²) in [6.45, 7) is 5.17. The minimum absolute atomic E-state index is 0.146. The van der Waals surface area contributed by atoms with Gasteiger partial charge in [-0.2, -0.15) is 4.31 Å². The van der Waals surface area contributed by atoms with Gasteiger partial charge >= 0.3 is 0 Å². The quantitative estimate of drug-likeness (QED) is 0.598. The molecule has 3 rings (SSSR count). The van der Waals surface area contributed by atoms with Crippen LogP contribution >= 0.6 is 11.3 Å². The predicted octanol–water partition coefficient (Wildman–Crippen LogP) is 3.01. The van der Waals surface area contributed by atoms with Crippen molar-refractivity contribution in [1.29, 1.82) is 0 Å². The molecule has 0 spiro atoms. The fraction of sp³-hybridized carbons (Fsp3) is 0.550. The van der Waals surface area contributed by atoms with Crippen LogP contribution in [0.3, 0.4) is 0 Å². The van der Waals surface area contributed by atoms with Gasteiger partial charge in [0.25, 0.3) is 0 Å². The largest absolute Gasteiger partial charge is 0.497 e. The van der Waals surface area contributed by atoms with Crippen molar-refractivity contribution in [1.82, 2.24) is 14.2 Å². The van der Waals surface area contributed by atoms with E-state index in [0.29, 0.717) is 37.7 Å². The third-order valence-corrected chi connectivity index (χ3v) is 7.93. The highest BCUT2D eigenvalue weighted by molar-refractivity contribution is 7.89. The highest BCUT2D eigenvalue weighted by Gasteiger charge is 2.31. The van der Waals surface area contributed by atoms with E-state index in [1.807, 2.05) is 0 Å². The smallest absolute Gasteiger partial charge is 0.246 e. The van der Waals surface area contributed by atoms with E-state index < -0.39 is 10.0 Å². The van der Waals surface area contributed by atoms with Crippen molar-refractivity contribution in [2.24, 2.45) is 0 Å². The molecule has 9 heteroatoms. The fourth-order valence-electron chi connectivity index (χ4n) is 3.35. The second-order valence-corrected chi connectivity index (χ2v) is 9.88. The maximum Gasteiger partial charge on any atom is 0.246 e. The molecule has 160 valence electrons. The molecule has 0 bridgehead atoms. The maximum absolute atomic E-state index is 13.2. The lowest BCUT2D eigenvalue weighted by Crippen LogP contribution is -2.48. The summed E-state index contributed by atoms with van der Waals surface area (Å²) in [5.74, 6) is 0.820. The van der Waals surface area contributed by atoms with E-state index in [4.69, 9.17) is 14.5 Å². The Morgan fingerprint density at radius 3 is 2.55 bits per heavy atom. The average molecular weight is 440 g/mol. The van der Waals surface area contributed by atoms with Crippen LogP contribution in [0.1, 0.15) is 30.5 Å². The number of ether oxygens (including phenoxy) is 2. The van der Waals surface area contributed by atoms with Gasteiger partial charge in [0.15, 0.2) is 0 Å². The molecule has 0 atom stereocenters. The van der Waals surface area contributed by atoms with Crippen molar-refractivity contribution in [3.63, 3.8) is 0 Å². The molecule has 2 aromatic rings. The van der Waals surface area contributed by atoms with E-state index in [2.05, 4.69) is 17.2 Å². The molecular weight excluding hydrogens is 410 g/mol. The second-order valence-electron chi connectivity index (χ2n) is 7.03. The number of aromatic nitrogens is 1. The summed E-state index contributed by atoms with van der Waals surface area (Å²) in [6.07, 6.45) is 3.37. The molecule has 0 N–H and O–H groups in total. The number of hydrogen-bond acceptors (Lipinski definition) is 7. The molecule has 1 fully saturated rings. The lowest BCUT2D eigenvalue weighted by Gasteiger charge is -2.33. The maximum atomic E-state index is 13.2. The Balaban J connectivity index is 1.63. The molecule has 0 amide bonds. The van der Waals surface area contributed by atoms with Crippen LogP contribution in [-0.2, 0) is 23.0 Å². The lowest BCUT2D eigenvalue weighted by molar-refractivity contribution is 0.180. The van der Waals surface area contributed by atoms with Gasteiger partial charge in [-0.25, -0.2) is 13.4 Å². The third-order valence-electron chi connectivity index (χ3n) is 5.05. The van der Waals surface area contributed by atoms with Crippen LogP contribution in [0.15, 0.2) is 28.5 Å². The molecular formula is C20H29N3O4S2. The van der Waals surface area contributed by atoms with E-state index in [1.54, 1.807) is 23.5 Å². The summed E-state index contributed by atoms with van der Waals surface area (Å²) in [7, 11) is -0.661. The van der Waals surface area contributed by atoms with Crippen LogP contribution in [0.4, 0.5) is 0 Å². The number of thiazole rings is 1. The van der Waals surface area contributed by atoms with Crippen LogP contribution in [0, 0.1) is 0 Å². The number of rotatable bonds is 9. The van der Waals surface area contributed by atoms with E-state index in [-0.39, 0.29) is 4.90 Å². The van der Waals surface area contributed by atoms with Gasteiger partial charge in [-0.1, -0.05) is 13.3 Å². The van der Waals surface area contributed by atoms with Gasteiger partial charge in [0, 0.05) is 44.2 Å². The first-order valence-electron chi connectivity index (χ1n) is 9.85. The molecule has 1 aromatic heterocycles. The summed E-state index contributed by atoms with van der Waals surface area (Å²) in [4.78, 5) is 7.12. The molecule has 0 saturated carbocycles. The van der Waals surface area contributed by atoms with Gasteiger partial charge in [-0.15, -0.1) is 11.3 Å². The zero-order valence-electron chi connectivity index (χ0n) is 17.3. The SMILES string of the molecule is CCCCc1nc(CN2CCN(S(=O)(=O)c3cc(OC)ccc3OC)CC2)cs1. The number of sulfonamides is 1. The molecule has 2 heterocycles. The van der Waals surface area contributed by atoms with E-state index in [0.717, 1.165) is 25.1 Å². The molecule has 1 aliphatic heterocycles. The van der Waals surface area contributed by atoms with Crippen molar-refractivity contribution in [3.8, 4) is 11.5 Å². The second kappa shape index (κ2) is 9.88. The summed E-state index contributed by atoms with van der Waals surface area (Å²) >= 11 is 1.72. The van der Waals surface area contributed by atoms with Crippen LogP contribution in [0.2, 0.25) is 0 Å². The van der Waals surface area contributed by atoms with Crippen molar-refractivity contribution in [3.05, 3.63) is 34.3 Å². The van der Waals surface area contributed by atoms with Crippen molar-refractivity contribution >= 4 is 21.4 Å². The van der Waals surface area contributed by atoms with Crippen LogP contribution < -0.4 is 9.47 Å². The zero-order chi connectivity index (χ0) is 20.9. The Kier molecular flexibility index (Phi) is 7.50. The van der Waals surface area contributed by atoms with Gasteiger partial charge in [0.05, 0.1) is 24.9 Å². The Morgan fingerprint density at radius 1 is 1.14 bits per heavy atom. The number of methoxy groups -OCH3 is 2. The minimum atomic E-state index is -3.65. The Labute approximate surface area is 177 Å². The number of piperazine rings is 1. The summed E-state index contributed by atoms with van der Waals surface area (Å²) in [5.41, 5.74) is 1.08. The molecule has 1 saturated heterocycles. The van der Waals surface area contributed by atoms with Gasteiger partial charge in [-0.05, 0) is 25.0 Å². The van der Waals surface area contributed by atoms with E-state index in [9.17, 15) is 8.42 Å². The first-order chi connectivity index (χ1) is 14.0. The van der Waals surface area contributed by atoms with Crippen LogP contribution in [-0.4, -0.2) is 63.0 Å². The predicted molar refractivity (Wildman–Crippen MR) is 114 cm³/mol. The van der Waals surface area contributed by atoms with Gasteiger partial charge in [0.1, 0.15) is 16.4 Å². The fourth-order valence-corrected chi connectivity index (χ4v) is 5.77. The molecule has 7 nitrogen and oxygen atoms in total. The Bertz CT molecular complexity index is 906. The van der Waals surface area contributed by atoms with Gasteiger partial charge < -0.3 is 9.47 Å². The highest BCUT2D eigenvalue weighted by Crippen LogP contribution is 2.31. The zero-order valence-corrected chi connectivity index (χ0v) is 18.9. The monoisotopic (exact) mass is 439 g/mol. The number of unbranched alkanes of at least 4 members (excludes halogenated alkanes) is 1. The summed E-state index contributed by atoms with van der Waals surface area (Å²) in [6, 6.07) is 4.84. The van der Waals surface area contributed by atoms with Crippen LogP contribution in [0.25, 0.3) is 0 Å². The highest BCUT2D eigenvalue weighted by atomic mass is 32.2. The molecule has 1 aromatic carbocycles. The molecule has 0 radical (unpaired) electrons. The third kappa shape index (κ3) is 5.28. The first-order valence-corrected chi connectivity index (χ1v) is 12.2. The van der Waals surface area contributed by atoms with Gasteiger partial charge in [-0.3, -0.25) is 4.90 Å². The lowest BCUT2D eigenvalue weighted by atomic mass is 10.3. The molecule has 29 heavy (non-hydrogen) atoms. The topological polar surface area (TPSA) is 72.0 Å². The first kappa shape index (κ1) is 22.0. The van der Waals surface area contributed by atoms with Crippen LogP contribution in [0.5, 0.6) is 11.5 Å². The normalized spacial score (nSPS) is 16.1. The summed E-state index contributed by atoms with van der Waals surface area (Å²) < 4.78 is 38.3. The van der Waals surface area contributed by atoms with Crippen molar-refractivity contribution < 1.29 is 17.9 Å². The average Bonchev–Trinajstić information content (AvgIpc) is 3.19. The molecule has 0 unspecified atom stereocenters. The Morgan fingerprint density at radius 2 is 1.90 bits per heavy atom. The summed E-state index contributed by atoms with van der Waals surface area (Å²) in [5, 5.41) is 3.31.